The first kappa shape index (κ1) is 23.0. The number of hydrogen-bond acceptors (Lipinski definition) is 10. The maximum Gasteiger partial charge on any atom is 0.244 e. The lowest BCUT2D eigenvalue weighted by Crippen LogP contribution is -2.48. The molecule has 2 aromatic rings. The lowest BCUT2D eigenvalue weighted by molar-refractivity contribution is -0.119. The molecular formula is C19H27N7O5. The van der Waals surface area contributed by atoms with Crippen molar-refractivity contribution in [2.24, 2.45) is 11.8 Å². The number of carbonyl (C=O) groups is 1. The van der Waals surface area contributed by atoms with Gasteiger partial charge in [-0.1, -0.05) is 20.3 Å². The van der Waals surface area contributed by atoms with Crippen LogP contribution in [0.4, 0.5) is 5.82 Å². The largest absolute Gasteiger partial charge is 0.394 e. The summed E-state index contributed by atoms with van der Waals surface area (Å²) in [6.45, 7) is 3.43. The number of methoxy groups -OCH3 is 1. The number of anilines is 1. The summed E-state index contributed by atoms with van der Waals surface area (Å²) in [5.74, 6) is 5.28. The van der Waals surface area contributed by atoms with Gasteiger partial charge in [-0.2, -0.15) is 5.26 Å². The summed E-state index contributed by atoms with van der Waals surface area (Å²) in [5, 5.41) is 32.6. The van der Waals surface area contributed by atoms with Gasteiger partial charge >= 0.3 is 0 Å². The number of amides is 1. The second-order valence-corrected chi connectivity index (χ2v) is 7.44. The van der Waals surface area contributed by atoms with E-state index in [1.165, 1.54) is 24.2 Å². The van der Waals surface area contributed by atoms with Crippen molar-refractivity contribution in [3.05, 3.63) is 18.1 Å². The maximum absolute atomic E-state index is 12.8. The first-order chi connectivity index (χ1) is 14.9. The monoisotopic (exact) mass is 433 g/mol. The molecule has 6 N–H and O–H groups in total. The van der Waals surface area contributed by atoms with E-state index in [2.05, 4.69) is 26.8 Å². The highest BCUT2D eigenvalue weighted by atomic mass is 16.6. The molecule has 1 saturated heterocycles. The van der Waals surface area contributed by atoms with Gasteiger partial charge in [0.1, 0.15) is 48.2 Å². The molecule has 0 bridgehead atoms. The highest BCUT2D eigenvalue weighted by Gasteiger charge is 2.45. The van der Waals surface area contributed by atoms with E-state index in [0.29, 0.717) is 11.0 Å². The number of aliphatic hydroxyl groups is 2. The van der Waals surface area contributed by atoms with Crippen LogP contribution >= 0.6 is 0 Å². The Labute approximate surface area is 178 Å². The number of aromatic nitrogens is 3. The number of fused-ring (bicyclic) bond motifs is 1. The molecule has 3 rings (SSSR count). The zero-order valence-electron chi connectivity index (χ0n) is 17.5. The van der Waals surface area contributed by atoms with Crippen LogP contribution in [0, 0.1) is 17.2 Å². The van der Waals surface area contributed by atoms with Crippen molar-refractivity contribution < 1.29 is 24.5 Å². The molecule has 6 unspecified atom stereocenters. The highest BCUT2D eigenvalue weighted by molar-refractivity contribution is 6.03. The molecule has 6 atom stereocenters. The summed E-state index contributed by atoms with van der Waals surface area (Å²) in [5.41, 5.74) is 3.02. The Morgan fingerprint density at radius 2 is 2.26 bits per heavy atom. The molecule has 0 aliphatic carbocycles. The van der Waals surface area contributed by atoms with Gasteiger partial charge in [0.2, 0.25) is 5.91 Å². The molecule has 12 nitrogen and oxygen atoms in total. The fourth-order valence-corrected chi connectivity index (χ4v) is 3.73. The number of aliphatic hydroxyl groups excluding tert-OH is 2. The second kappa shape index (κ2) is 9.65. The van der Waals surface area contributed by atoms with Crippen molar-refractivity contribution in [1.82, 2.24) is 20.0 Å². The summed E-state index contributed by atoms with van der Waals surface area (Å²) in [7, 11) is 1.41. The number of nitrogens with one attached hydrogen (secondary N) is 2. The predicted octanol–water partition coefficient (Wildman–Crippen LogP) is -0.615. The van der Waals surface area contributed by atoms with Gasteiger partial charge in [-0.15, -0.1) is 0 Å². The van der Waals surface area contributed by atoms with Gasteiger partial charge < -0.3 is 29.6 Å². The summed E-state index contributed by atoms with van der Waals surface area (Å²) >= 11 is 0. The fourth-order valence-electron chi connectivity index (χ4n) is 3.73. The number of ether oxygens (including phenoxy) is 2. The van der Waals surface area contributed by atoms with Gasteiger partial charge in [-0.05, 0) is 5.92 Å². The predicted molar refractivity (Wildman–Crippen MR) is 109 cm³/mol. The van der Waals surface area contributed by atoms with Crippen LogP contribution in [0.1, 0.15) is 32.1 Å². The van der Waals surface area contributed by atoms with Crippen LogP contribution in [0.3, 0.4) is 0 Å². The quantitative estimate of drug-likeness (QED) is 0.266. The summed E-state index contributed by atoms with van der Waals surface area (Å²) < 4.78 is 12.7. The molecule has 1 amide bonds. The molecular weight excluding hydrogens is 406 g/mol. The lowest BCUT2D eigenvalue weighted by atomic mass is 9.99. The molecule has 12 heteroatoms. The SMILES string of the molecule is CCC(C)C(NN)C(=O)Nc1ncnc2c1c(C#N)cn2C1OC(CO)C(O)C1OC. The van der Waals surface area contributed by atoms with Crippen molar-refractivity contribution in [3.63, 3.8) is 0 Å². The minimum Gasteiger partial charge on any atom is -0.394 e. The van der Waals surface area contributed by atoms with E-state index in [1.807, 2.05) is 13.8 Å². The van der Waals surface area contributed by atoms with Crippen molar-refractivity contribution in [3.8, 4) is 6.07 Å². The number of nitrogens with zero attached hydrogens (tertiary/aromatic N) is 4. The van der Waals surface area contributed by atoms with Crippen LogP contribution in [0.5, 0.6) is 0 Å². The lowest BCUT2D eigenvalue weighted by Gasteiger charge is -2.21. The van der Waals surface area contributed by atoms with E-state index < -0.39 is 43.1 Å². The number of nitriles is 1. The number of rotatable bonds is 8. The number of nitrogens with two attached hydrogens (primary N) is 1. The van der Waals surface area contributed by atoms with Crippen LogP contribution in [0.15, 0.2) is 12.5 Å². The molecule has 0 radical (unpaired) electrons. The van der Waals surface area contributed by atoms with Crippen LogP contribution in [0.25, 0.3) is 11.0 Å². The molecule has 2 aromatic heterocycles. The van der Waals surface area contributed by atoms with E-state index in [-0.39, 0.29) is 17.3 Å². The van der Waals surface area contributed by atoms with Crippen molar-refractivity contribution >= 4 is 22.8 Å². The number of hydrogen-bond donors (Lipinski definition) is 5. The highest BCUT2D eigenvalue weighted by Crippen LogP contribution is 2.36. The Morgan fingerprint density at radius 3 is 2.84 bits per heavy atom. The second-order valence-electron chi connectivity index (χ2n) is 7.44. The number of hydrazine groups is 1. The van der Waals surface area contributed by atoms with Gasteiger partial charge in [0.25, 0.3) is 0 Å². The molecule has 31 heavy (non-hydrogen) atoms. The first-order valence-electron chi connectivity index (χ1n) is 9.91. The smallest absolute Gasteiger partial charge is 0.244 e. The summed E-state index contributed by atoms with van der Waals surface area (Å²) in [6.07, 6.45) is -0.108. The standard InChI is InChI=1S/C19H27N7O5/c1-4-9(2)13(25-21)18(29)24-16-12-10(5-20)6-26(17(12)23-8-22-16)19-15(30-3)14(28)11(7-27)31-19/h6,8-9,11,13-15,19,25,27-28H,4,7,21H2,1-3H3,(H,22,23,24,29). The van der Waals surface area contributed by atoms with Crippen LogP contribution < -0.4 is 16.6 Å². The zero-order chi connectivity index (χ0) is 22.7. The van der Waals surface area contributed by atoms with Crippen LogP contribution in [-0.2, 0) is 14.3 Å². The first-order valence-corrected chi connectivity index (χ1v) is 9.91. The normalized spacial score (nSPS) is 25.3. The van der Waals surface area contributed by atoms with Crippen molar-refractivity contribution in [1.29, 1.82) is 5.26 Å². The molecule has 0 saturated carbocycles. The maximum atomic E-state index is 12.8. The van der Waals surface area contributed by atoms with Crippen molar-refractivity contribution in [2.75, 3.05) is 19.0 Å². The Balaban J connectivity index is 2.03. The topological polar surface area (TPSA) is 181 Å². The van der Waals surface area contributed by atoms with Gasteiger partial charge in [-0.25, -0.2) is 15.4 Å². The number of carbonyl (C=O) groups excluding carboxylic acids is 1. The summed E-state index contributed by atoms with van der Waals surface area (Å²) in [4.78, 5) is 21.2. The fraction of sp³-hybridized carbons (Fsp3) is 0.579. The van der Waals surface area contributed by atoms with E-state index in [0.717, 1.165) is 6.42 Å². The molecule has 0 spiro atoms. The molecule has 0 aromatic carbocycles. The van der Waals surface area contributed by atoms with E-state index in [4.69, 9.17) is 15.3 Å². The molecule has 3 heterocycles. The van der Waals surface area contributed by atoms with E-state index in [1.54, 1.807) is 0 Å². The Hall–Kier alpha value is -2.66. The third kappa shape index (κ3) is 4.11. The summed E-state index contributed by atoms with van der Waals surface area (Å²) in [6, 6.07) is 1.42. The molecule has 1 aliphatic rings. The molecule has 168 valence electrons. The Bertz CT molecular complexity index is 974. The zero-order valence-corrected chi connectivity index (χ0v) is 17.5. The van der Waals surface area contributed by atoms with Gasteiger partial charge in [-0.3, -0.25) is 10.6 Å². The third-order valence-electron chi connectivity index (χ3n) is 5.69. The van der Waals surface area contributed by atoms with E-state index in [9.17, 15) is 20.3 Å². The average Bonchev–Trinajstić information content (AvgIpc) is 3.31. The minimum atomic E-state index is -1.07. The Kier molecular flexibility index (Phi) is 7.16. The van der Waals surface area contributed by atoms with Gasteiger partial charge in [0, 0.05) is 13.3 Å². The molecule has 1 fully saturated rings. The van der Waals surface area contributed by atoms with Crippen molar-refractivity contribution in [2.45, 2.75) is 50.8 Å². The van der Waals surface area contributed by atoms with Crippen LogP contribution in [0.2, 0.25) is 0 Å². The van der Waals surface area contributed by atoms with Crippen LogP contribution in [-0.4, -0.2) is 68.7 Å². The van der Waals surface area contributed by atoms with E-state index >= 15 is 0 Å². The molecule has 1 aliphatic heterocycles. The average molecular weight is 433 g/mol. The third-order valence-corrected chi connectivity index (χ3v) is 5.69. The van der Waals surface area contributed by atoms with Gasteiger partial charge in [0.15, 0.2) is 6.23 Å². The van der Waals surface area contributed by atoms with Gasteiger partial charge in [0.05, 0.1) is 17.6 Å². The Morgan fingerprint density at radius 1 is 1.52 bits per heavy atom. The minimum absolute atomic E-state index is 0.0337.